The van der Waals surface area contributed by atoms with E-state index in [9.17, 15) is 9.59 Å². The number of ether oxygens (including phenoxy) is 1. The van der Waals surface area contributed by atoms with Gasteiger partial charge in [-0.1, -0.05) is 31.9 Å². The summed E-state index contributed by atoms with van der Waals surface area (Å²) in [6.45, 7) is 12.7. The second kappa shape index (κ2) is 6.98. The van der Waals surface area contributed by atoms with Gasteiger partial charge in [0.1, 0.15) is 5.60 Å². The Balaban J connectivity index is 3.02. The number of hydrogen-bond donors (Lipinski definition) is 0. The third-order valence-electron chi connectivity index (χ3n) is 2.51. The summed E-state index contributed by atoms with van der Waals surface area (Å²) in [6.07, 6.45) is -0.615. The number of aryl methyl sites for hydroxylation is 1. The van der Waals surface area contributed by atoms with Gasteiger partial charge in [0.15, 0.2) is 5.82 Å². The maximum Gasteiger partial charge on any atom is 0.450 e. The minimum Gasteiger partial charge on any atom is -0.441 e. The fourth-order valence-corrected chi connectivity index (χ4v) is 1.69. The van der Waals surface area contributed by atoms with Gasteiger partial charge in [0.25, 0.3) is 0 Å². The van der Waals surface area contributed by atoms with Crippen LogP contribution in [0.25, 0.3) is 0 Å². The van der Waals surface area contributed by atoms with E-state index in [1.165, 1.54) is 0 Å². The lowest BCUT2D eigenvalue weighted by molar-refractivity contribution is -0.147. The largest absolute Gasteiger partial charge is 0.450 e. The second-order valence-electron chi connectivity index (χ2n) is 7.61. The van der Waals surface area contributed by atoms with Gasteiger partial charge in [-0.2, -0.15) is 0 Å². The lowest BCUT2D eigenvalue weighted by Gasteiger charge is -2.26. The number of nitrogens with zero attached hydrogens (tertiary/aromatic N) is 2. The Kier molecular flexibility index (Phi) is 5.75. The monoisotopic (exact) mass is 322 g/mol. The molecule has 6 nitrogen and oxygen atoms in total. The molecule has 23 heavy (non-hydrogen) atoms. The van der Waals surface area contributed by atoms with E-state index in [1.807, 2.05) is 20.8 Å². The van der Waals surface area contributed by atoms with Crippen molar-refractivity contribution in [2.45, 2.75) is 60.5 Å². The zero-order valence-corrected chi connectivity index (χ0v) is 15.0. The molecule has 0 aliphatic heterocycles. The van der Waals surface area contributed by atoms with Crippen LogP contribution in [0.5, 0.6) is 0 Å². The number of pyridine rings is 1. The van der Waals surface area contributed by atoms with Crippen LogP contribution in [0.15, 0.2) is 18.2 Å². The quantitative estimate of drug-likeness (QED) is 0.769. The number of aromatic nitrogens is 1. The van der Waals surface area contributed by atoms with Gasteiger partial charge in [-0.05, 0) is 45.2 Å². The predicted octanol–water partition coefficient (Wildman–Crippen LogP) is 4.03. The van der Waals surface area contributed by atoms with Crippen molar-refractivity contribution in [2.75, 3.05) is 5.06 Å². The van der Waals surface area contributed by atoms with E-state index >= 15 is 0 Å². The van der Waals surface area contributed by atoms with E-state index in [0.717, 1.165) is 5.06 Å². The van der Waals surface area contributed by atoms with Crippen LogP contribution in [-0.2, 0) is 14.4 Å². The summed E-state index contributed by atoms with van der Waals surface area (Å²) in [5.41, 5.74) is -0.269. The number of carbonyl (C=O) groups is 2. The average molecular weight is 322 g/mol. The highest BCUT2D eigenvalue weighted by Gasteiger charge is 2.29. The molecule has 0 aliphatic rings. The van der Waals surface area contributed by atoms with Crippen molar-refractivity contribution in [1.82, 2.24) is 4.98 Å². The molecule has 1 heterocycles. The fraction of sp³-hybridized carbons (Fsp3) is 0.588. The molecule has 0 bridgehead atoms. The Bertz CT molecular complexity index is 571. The topological polar surface area (TPSA) is 68.7 Å². The number of amides is 1. The highest BCUT2D eigenvalue weighted by molar-refractivity contribution is 5.87. The number of anilines is 1. The zero-order valence-electron chi connectivity index (χ0n) is 15.0. The van der Waals surface area contributed by atoms with Gasteiger partial charge in [0, 0.05) is 5.69 Å². The predicted molar refractivity (Wildman–Crippen MR) is 87.9 cm³/mol. The second-order valence-corrected chi connectivity index (χ2v) is 7.61. The number of hydrogen-bond acceptors (Lipinski definition) is 5. The van der Waals surface area contributed by atoms with Crippen LogP contribution in [0, 0.1) is 12.3 Å². The number of hydroxylamine groups is 1. The summed E-state index contributed by atoms with van der Waals surface area (Å²) in [5.74, 6) is -0.312. The Hall–Kier alpha value is -2.11. The molecule has 1 rings (SSSR count). The highest BCUT2D eigenvalue weighted by Crippen LogP contribution is 2.22. The normalized spacial score (nSPS) is 11.8. The van der Waals surface area contributed by atoms with E-state index in [1.54, 1.807) is 45.9 Å². The molecule has 0 atom stereocenters. The molecular weight excluding hydrogens is 296 g/mol. The average Bonchev–Trinajstić information content (AvgIpc) is 2.31. The molecule has 0 saturated heterocycles. The molecular formula is C17H26N2O4. The van der Waals surface area contributed by atoms with Gasteiger partial charge >= 0.3 is 12.1 Å². The zero-order chi connectivity index (χ0) is 17.8. The smallest absolute Gasteiger partial charge is 0.441 e. The van der Waals surface area contributed by atoms with E-state index in [0.29, 0.717) is 5.69 Å². The van der Waals surface area contributed by atoms with Crippen molar-refractivity contribution in [2.24, 2.45) is 5.41 Å². The minimum atomic E-state index is -0.780. The van der Waals surface area contributed by atoms with E-state index in [-0.39, 0.29) is 17.7 Å². The van der Waals surface area contributed by atoms with E-state index < -0.39 is 17.7 Å². The summed E-state index contributed by atoms with van der Waals surface area (Å²) < 4.78 is 5.29. The van der Waals surface area contributed by atoms with Crippen LogP contribution >= 0.6 is 0 Å². The first-order valence-corrected chi connectivity index (χ1v) is 7.55. The molecule has 1 aromatic rings. The van der Waals surface area contributed by atoms with Gasteiger partial charge in [-0.3, -0.25) is 0 Å². The molecule has 0 aromatic carbocycles. The Morgan fingerprint density at radius 2 is 1.74 bits per heavy atom. The van der Waals surface area contributed by atoms with Gasteiger partial charge in [-0.15, -0.1) is 0 Å². The third-order valence-corrected chi connectivity index (χ3v) is 2.51. The third kappa shape index (κ3) is 7.13. The summed E-state index contributed by atoms with van der Waals surface area (Å²) in [7, 11) is 0. The summed E-state index contributed by atoms with van der Waals surface area (Å²) in [5, 5.41) is 0.812. The van der Waals surface area contributed by atoms with Crippen LogP contribution in [-0.4, -0.2) is 22.6 Å². The van der Waals surface area contributed by atoms with Gasteiger partial charge in [0.05, 0.1) is 6.42 Å². The Labute approximate surface area is 137 Å². The SMILES string of the molecule is Cc1cccc(N(OC(=O)CC(C)(C)C)C(=O)OC(C)(C)C)n1. The van der Waals surface area contributed by atoms with Crippen LogP contribution in [0.3, 0.4) is 0 Å². The van der Waals surface area contributed by atoms with Crippen molar-refractivity contribution in [3.8, 4) is 0 Å². The van der Waals surface area contributed by atoms with Crippen LogP contribution in [0.1, 0.15) is 53.7 Å². The number of carbonyl (C=O) groups excluding carboxylic acids is 2. The van der Waals surface area contributed by atoms with Crippen molar-refractivity contribution in [1.29, 1.82) is 0 Å². The number of rotatable bonds is 2. The lowest BCUT2D eigenvalue weighted by atomic mass is 9.93. The highest BCUT2D eigenvalue weighted by atomic mass is 16.8. The van der Waals surface area contributed by atoms with Crippen LogP contribution < -0.4 is 5.06 Å². The van der Waals surface area contributed by atoms with Gasteiger partial charge in [0.2, 0.25) is 0 Å². The maximum atomic E-state index is 12.4. The van der Waals surface area contributed by atoms with Crippen molar-refractivity contribution < 1.29 is 19.2 Å². The first-order valence-electron chi connectivity index (χ1n) is 7.55. The van der Waals surface area contributed by atoms with Gasteiger partial charge < -0.3 is 9.57 Å². The summed E-state index contributed by atoms with van der Waals surface area (Å²) in [6, 6.07) is 5.10. The molecule has 0 radical (unpaired) electrons. The molecule has 0 saturated carbocycles. The summed E-state index contributed by atoms with van der Waals surface area (Å²) in [4.78, 5) is 33.9. The Morgan fingerprint density at radius 1 is 1.13 bits per heavy atom. The standard InChI is InChI=1S/C17H26N2O4/c1-12-9-8-10-13(18-12)19(15(21)22-17(5,6)7)23-14(20)11-16(2,3)4/h8-10H,11H2,1-7H3. The molecule has 0 N–H and O–H groups in total. The van der Waals surface area contributed by atoms with Crippen LogP contribution in [0.4, 0.5) is 10.6 Å². The molecule has 128 valence electrons. The molecule has 0 fully saturated rings. The molecule has 0 spiro atoms. The molecule has 0 unspecified atom stereocenters. The van der Waals surface area contributed by atoms with E-state index in [4.69, 9.17) is 9.57 Å². The van der Waals surface area contributed by atoms with Crippen LogP contribution in [0.2, 0.25) is 0 Å². The Morgan fingerprint density at radius 3 is 2.22 bits per heavy atom. The first-order chi connectivity index (χ1) is 10.4. The maximum absolute atomic E-state index is 12.4. The van der Waals surface area contributed by atoms with Crippen molar-refractivity contribution in [3.05, 3.63) is 23.9 Å². The molecule has 6 heteroatoms. The fourth-order valence-electron chi connectivity index (χ4n) is 1.69. The van der Waals surface area contributed by atoms with Gasteiger partial charge in [-0.25, -0.2) is 14.6 Å². The minimum absolute atomic E-state index is 0.165. The molecule has 1 aromatic heterocycles. The van der Waals surface area contributed by atoms with Crippen molar-refractivity contribution >= 4 is 17.9 Å². The van der Waals surface area contributed by atoms with E-state index in [2.05, 4.69) is 4.98 Å². The first kappa shape index (κ1) is 18.9. The van der Waals surface area contributed by atoms with Crippen molar-refractivity contribution in [3.63, 3.8) is 0 Å². The molecule has 1 amide bonds. The molecule has 0 aliphatic carbocycles. The summed E-state index contributed by atoms with van der Waals surface area (Å²) >= 11 is 0. The lowest BCUT2D eigenvalue weighted by Crippen LogP contribution is -2.39.